The molecule has 0 aromatic heterocycles. The Hall–Kier alpha value is -1.79. The van der Waals surface area contributed by atoms with Gasteiger partial charge < -0.3 is 15.3 Å². The van der Waals surface area contributed by atoms with Crippen molar-refractivity contribution in [1.29, 1.82) is 0 Å². The molecule has 0 aliphatic heterocycles. The molecule has 23 heavy (non-hydrogen) atoms. The first-order valence-electron chi connectivity index (χ1n) is 6.81. The second-order valence-electron chi connectivity index (χ2n) is 4.84. The number of nitrogens with one attached hydrogen (secondary N) is 2. The third-order valence-electron chi connectivity index (χ3n) is 3.37. The molecule has 0 radical (unpaired) electrons. The van der Waals surface area contributed by atoms with Crippen molar-refractivity contribution < 1.29 is 14.7 Å². The first kappa shape index (κ1) is 17.6. The Kier molecular flexibility index (Phi) is 5.85. The monoisotopic (exact) mass is 354 g/mol. The van der Waals surface area contributed by atoms with Crippen LogP contribution in [0.15, 0.2) is 36.4 Å². The Morgan fingerprint density at radius 2 is 1.91 bits per heavy atom. The fourth-order valence-corrected chi connectivity index (χ4v) is 2.73. The van der Waals surface area contributed by atoms with Crippen LogP contribution in [0, 0.1) is 0 Å². The van der Waals surface area contributed by atoms with E-state index in [0.29, 0.717) is 32.5 Å². The van der Waals surface area contributed by atoms with Gasteiger partial charge >= 0.3 is 5.97 Å². The van der Waals surface area contributed by atoms with Gasteiger partial charge in [0.1, 0.15) is 0 Å². The van der Waals surface area contributed by atoms with Gasteiger partial charge in [-0.3, -0.25) is 0 Å². The van der Waals surface area contributed by atoms with Crippen LogP contribution in [0.2, 0.25) is 10.0 Å². The molecular formula is C16H16Cl2N2O3. The van der Waals surface area contributed by atoms with E-state index >= 15 is 0 Å². The summed E-state index contributed by atoms with van der Waals surface area (Å²) in [6, 6.07) is 9.87. The molecule has 0 fully saturated rings. The van der Waals surface area contributed by atoms with E-state index in [9.17, 15) is 4.79 Å². The molecule has 7 heteroatoms. The summed E-state index contributed by atoms with van der Waals surface area (Å²) in [5, 5.41) is 12.9. The second kappa shape index (κ2) is 7.66. The molecule has 5 nitrogen and oxygen atoms in total. The number of ether oxygens (including phenoxy) is 1. The molecular weight excluding hydrogens is 339 g/mol. The van der Waals surface area contributed by atoms with Crippen molar-refractivity contribution in [3.05, 3.63) is 57.6 Å². The lowest BCUT2D eigenvalue weighted by molar-refractivity contribution is 0.0602. The summed E-state index contributed by atoms with van der Waals surface area (Å²) in [7, 11) is 1.31. The van der Waals surface area contributed by atoms with Gasteiger partial charge in [-0.05, 0) is 30.7 Å². The number of esters is 1. The maximum atomic E-state index is 11.8. The summed E-state index contributed by atoms with van der Waals surface area (Å²) in [6.45, 7) is 1.75. The Bertz CT molecular complexity index is 722. The van der Waals surface area contributed by atoms with Gasteiger partial charge in [-0.1, -0.05) is 41.4 Å². The quantitative estimate of drug-likeness (QED) is 0.542. The number of rotatable bonds is 5. The van der Waals surface area contributed by atoms with Crippen LogP contribution in [0.3, 0.4) is 0 Å². The number of carbonyl (C=O) groups excluding carboxylic acids is 1. The van der Waals surface area contributed by atoms with Crippen LogP contribution in [-0.2, 0) is 4.74 Å². The fraction of sp³-hybridized carbons (Fsp3) is 0.188. The standard InChI is InChI=1S/C16H16Cl2N2O3/c1-9(20-22)10-7-8-12(17)15(14(10)18)19-13-6-4-3-5-11(13)16(21)23-2/h3-9,19-20,22H,1-2H3. The van der Waals surface area contributed by atoms with Gasteiger partial charge in [0.05, 0.1) is 40.1 Å². The van der Waals surface area contributed by atoms with Crippen LogP contribution in [0.4, 0.5) is 11.4 Å². The SMILES string of the molecule is COC(=O)c1ccccc1Nc1c(Cl)ccc(C(C)NO)c1Cl. The molecule has 0 spiro atoms. The molecule has 0 heterocycles. The van der Waals surface area contributed by atoms with Gasteiger partial charge in [0.2, 0.25) is 0 Å². The van der Waals surface area contributed by atoms with Crippen LogP contribution in [0.5, 0.6) is 0 Å². The van der Waals surface area contributed by atoms with Crippen LogP contribution in [-0.4, -0.2) is 18.3 Å². The van der Waals surface area contributed by atoms with E-state index in [4.69, 9.17) is 33.1 Å². The maximum Gasteiger partial charge on any atom is 0.339 e. The van der Waals surface area contributed by atoms with Gasteiger partial charge in [0.25, 0.3) is 0 Å². The minimum atomic E-state index is -0.470. The lowest BCUT2D eigenvalue weighted by Gasteiger charge is -2.18. The average Bonchev–Trinajstić information content (AvgIpc) is 2.57. The van der Waals surface area contributed by atoms with Crippen LogP contribution < -0.4 is 10.8 Å². The van der Waals surface area contributed by atoms with Gasteiger partial charge in [-0.25, -0.2) is 4.79 Å². The van der Waals surface area contributed by atoms with E-state index in [2.05, 4.69) is 10.8 Å². The Morgan fingerprint density at radius 3 is 2.57 bits per heavy atom. The van der Waals surface area contributed by atoms with Crippen molar-refractivity contribution in [2.24, 2.45) is 0 Å². The maximum absolute atomic E-state index is 11.8. The summed E-state index contributed by atoms with van der Waals surface area (Å²) >= 11 is 12.6. The summed E-state index contributed by atoms with van der Waals surface area (Å²) in [5.74, 6) is -0.470. The summed E-state index contributed by atoms with van der Waals surface area (Å²) in [5.41, 5.74) is 4.13. The number of hydrogen-bond acceptors (Lipinski definition) is 5. The van der Waals surface area contributed by atoms with Gasteiger partial charge in [-0.2, -0.15) is 5.48 Å². The van der Waals surface area contributed by atoms with Crippen LogP contribution in [0.25, 0.3) is 0 Å². The summed E-state index contributed by atoms with van der Waals surface area (Å²) in [4.78, 5) is 11.8. The largest absolute Gasteiger partial charge is 0.465 e. The molecule has 2 aromatic carbocycles. The molecule has 0 bridgehead atoms. The molecule has 1 atom stereocenters. The number of hydroxylamine groups is 1. The predicted molar refractivity (Wildman–Crippen MR) is 90.9 cm³/mol. The highest BCUT2D eigenvalue weighted by molar-refractivity contribution is 6.39. The highest BCUT2D eigenvalue weighted by Crippen LogP contribution is 2.38. The second-order valence-corrected chi connectivity index (χ2v) is 5.62. The highest BCUT2D eigenvalue weighted by atomic mass is 35.5. The lowest BCUT2D eigenvalue weighted by Crippen LogP contribution is -2.14. The van der Waals surface area contributed by atoms with Crippen LogP contribution in [0.1, 0.15) is 28.9 Å². The average molecular weight is 355 g/mol. The summed E-state index contributed by atoms with van der Waals surface area (Å²) in [6.07, 6.45) is 0. The van der Waals surface area contributed by atoms with Crippen molar-refractivity contribution >= 4 is 40.5 Å². The Labute approximate surface area is 144 Å². The van der Waals surface area contributed by atoms with E-state index in [1.54, 1.807) is 43.3 Å². The zero-order valence-electron chi connectivity index (χ0n) is 12.6. The number of halogens is 2. The van der Waals surface area contributed by atoms with Crippen LogP contribution >= 0.6 is 23.2 Å². The fourth-order valence-electron chi connectivity index (χ4n) is 2.10. The van der Waals surface area contributed by atoms with Crippen molar-refractivity contribution in [1.82, 2.24) is 5.48 Å². The molecule has 122 valence electrons. The Balaban J connectivity index is 2.47. The third kappa shape index (κ3) is 3.76. The van der Waals surface area contributed by atoms with E-state index < -0.39 is 5.97 Å². The summed E-state index contributed by atoms with van der Waals surface area (Å²) < 4.78 is 4.77. The van der Waals surface area contributed by atoms with Gasteiger partial charge in [0.15, 0.2) is 0 Å². The number of carbonyl (C=O) groups is 1. The molecule has 3 N–H and O–H groups in total. The Morgan fingerprint density at radius 1 is 1.22 bits per heavy atom. The molecule has 0 aliphatic rings. The van der Waals surface area contributed by atoms with E-state index in [0.717, 1.165) is 0 Å². The van der Waals surface area contributed by atoms with Crippen molar-refractivity contribution in [2.45, 2.75) is 13.0 Å². The third-order valence-corrected chi connectivity index (χ3v) is 4.10. The molecule has 1 unspecified atom stereocenters. The minimum absolute atomic E-state index is 0.353. The first-order chi connectivity index (χ1) is 11.0. The first-order valence-corrected chi connectivity index (χ1v) is 7.57. The molecule has 0 amide bonds. The minimum Gasteiger partial charge on any atom is -0.465 e. The molecule has 0 saturated carbocycles. The topological polar surface area (TPSA) is 70.6 Å². The number of benzene rings is 2. The molecule has 0 saturated heterocycles. The predicted octanol–water partition coefficient (Wildman–Crippen LogP) is 4.56. The molecule has 0 aliphatic carbocycles. The zero-order chi connectivity index (χ0) is 17.0. The zero-order valence-corrected chi connectivity index (χ0v) is 14.1. The molecule has 2 rings (SSSR count). The number of anilines is 2. The highest BCUT2D eigenvalue weighted by Gasteiger charge is 2.17. The van der Waals surface area contributed by atoms with Gasteiger partial charge in [-0.15, -0.1) is 0 Å². The lowest BCUT2D eigenvalue weighted by atomic mass is 10.1. The van der Waals surface area contributed by atoms with Crippen molar-refractivity contribution in [2.75, 3.05) is 12.4 Å². The van der Waals surface area contributed by atoms with E-state index in [1.165, 1.54) is 7.11 Å². The smallest absolute Gasteiger partial charge is 0.339 e. The number of para-hydroxylation sites is 1. The van der Waals surface area contributed by atoms with Crippen molar-refractivity contribution in [3.63, 3.8) is 0 Å². The normalized spacial score (nSPS) is 11.9. The van der Waals surface area contributed by atoms with Gasteiger partial charge in [0, 0.05) is 0 Å². The van der Waals surface area contributed by atoms with E-state index in [1.807, 2.05) is 0 Å². The number of methoxy groups -OCH3 is 1. The van der Waals surface area contributed by atoms with E-state index in [-0.39, 0.29) is 6.04 Å². The van der Waals surface area contributed by atoms with Crippen molar-refractivity contribution in [3.8, 4) is 0 Å². The number of hydrogen-bond donors (Lipinski definition) is 3. The molecule has 2 aromatic rings.